The normalized spacial score (nSPS) is 10.3. The number of aromatic nitrogens is 1. The van der Waals surface area contributed by atoms with Crippen molar-refractivity contribution in [1.82, 2.24) is 4.98 Å². The van der Waals surface area contributed by atoms with Crippen LogP contribution in [0.3, 0.4) is 0 Å². The molecular formula is C16H15N3OS. The molecule has 3 rings (SSSR count). The summed E-state index contributed by atoms with van der Waals surface area (Å²) in [5, 5.41) is 2.67. The zero-order chi connectivity index (χ0) is 14.5. The van der Waals surface area contributed by atoms with E-state index in [9.17, 15) is 0 Å². The molecule has 0 bridgehead atoms. The van der Waals surface area contributed by atoms with Crippen LogP contribution in [0.5, 0.6) is 5.75 Å². The number of nitrogens with one attached hydrogen (secondary N) is 1. The Labute approximate surface area is 127 Å². The van der Waals surface area contributed by atoms with Crippen molar-refractivity contribution in [2.75, 3.05) is 5.43 Å². The maximum absolute atomic E-state index is 5.76. The summed E-state index contributed by atoms with van der Waals surface area (Å²) in [5.41, 5.74) is 5.65. The van der Waals surface area contributed by atoms with E-state index in [4.69, 9.17) is 10.6 Å². The van der Waals surface area contributed by atoms with Crippen LogP contribution in [0, 0.1) is 0 Å². The second-order valence-corrected chi connectivity index (χ2v) is 5.34. The van der Waals surface area contributed by atoms with Crippen LogP contribution < -0.4 is 16.0 Å². The molecule has 0 radical (unpaired) electrons. The third-order valence-corrected chi connectivity index (χ3v) is 3.80. The highest BCUT2D eigenvalue weighted by molar-refractivity contribution is 7.14. The van der Waals surface area contributed by atoms with Crippen LogP contribution in [-0.2, 0) is 6.61 Å². The molecule has 3 N–H and O–H groups in total. The Bertz CT molecular complexity index is 695. The van der Waals surface area contributed by atoms with E-state index in [0.29, 0.717) is 11.7 Å². The molecule has 5 heteroatoms. The molecule has 1 heterocycles. The lowest BCUT2D eigenvalue weighted by Gasteiger charge is -2.06. The van der Waals surface area contributed by atoms with E-state index in [2.05, 4.69) is 10.4 Å². The van der Waals surface area contributed by atoms with Gasteiger partial charge < -0.3 is 4.74 Å². The van der Waals surface area contributed by atoms with E-state index in [1.165, 1.54) is 11.3 Å². The standard InChI is InChI=1S/C16H15N3OS/c17-19-16-18-15(11-21-16)13-6-8-14(9-7-13)20-10-12-4-2-1-3-5-12/h1-9,11H,10,17H2,(H,18,19). The van der Waals surface area contributed by atoms with Crippen molar-refractivity contribution in [3.63, 3.8) is 0 Å². The Morgan fingerprint density at radius 3 is 2.48 bits per heavy atom. The second-order valence-electron chi connectivity index (χ2n) is 4.48. The molecule has 0 aliphatic rings. The maximum atomic E-state index is 5.76. The van der Waals surface area contributed by atoms with Crippen molar-refractivity contribution in [3.05, 3.63) is 65.5 Å². The van der Waals surface area contributed by atoms with Gasteiger partial charge in [-0.15, -0.1) is 11.3 Å². The average Bonchev–Trinajstić information content (AvgIpc) is 3.03. The molecule has 0 unspecified atom stereocenters. The summed E-state index contributed by atoms with van der Waals surface area (Å²) in [6, 6.07) is 18.0. The maximum Gasteiger partial charge on any atom is 0.197 e. The first-order valence-electron chi connectivity index (χ1n) is 6.54. The summed E-state index contributed by atoms with van der Waals surface area (Å²) in [6.45, 7) is 0.568. The van der Waals surface area contributed by atoms with Gasteiger partial charge in [-0.1, -0.05) is 30.3 Å². The number of hydrogen-bond acceptors (Lipinski definition) is 5. The van der Waals surface area contributed by atoms with E-state index in [1.807, 2.05) is 60.0 Å². The first-order chi connectivity index (χ1) is 10.3. The molecule has 1 aromatic heterocycles. The first kappa shape index (κ1) is 13.6. The lowest BCUT2D eigenvalue weighted by Crippen LogP contribution is -2.05. The number of rotatable bonds is 5. The zero-order valence-corrected chi connectivity index (χ0v) is 12.1. The topological polar surface area (TPSA) is 60.2 Å². The number of thiazole rings is 1. The van der Waals surface area contributed by atoms with E-state index in [1.54, 1.807) is 0 Å². The zero-order valence-electron chi connectivity index (χ0n) is 11.3. The lowest BCUT2D eigenvalue weighted by atomic mass is 10.2. The van der Waals surface area contributed by atoms with Gasteiger partial charge in [0.05, 0.1) is 5.69 Å². The van der Waals surface area contributed by atoms with Crippen LogP contribution in [0.4, 0.5) is 5.13 Å². The molecule has 106 valence electrons. The molecule has 2 aromatic carbocycles. The van der Waals surface area contributed by atoms with Crippen LogP contribution in [-0.4, -0.2) is 4.98 Å². The molecule has 0 spiro atoms. The van der Waals surface area contributed by atoms with E-state index in [-0.39, 0.29) is 0 Å². The Morgan fingerprint density at radius 1 is 1.05 bits per heavy atom. The van der Waals surface area contributed by atoms with Gasteiger partial charge in [0.1, 0.15) is 12.4 Å². The van der Waals surface area contributed by atoms with Crippen molar-refractivity contribution >= 4 is 16.5 Å². The number of hydrogen-bond donors (Lipinski definition) is 2. The quantitative estimate of drug-likeness (QED) is 0.557. The van der Waals surface area contributed by atoms with E-state index < -0.39 is 0 Å². The third-order valence-electron chi connectivity index (χ3n) is 3.03. The fraction of sp³-hybridized carbons (Fsp3) is 0.0625. The predicted molar refractivity (Wildman–Crippen MR) is 86.1 cm³/mol. The van der Waals surface area contributed by atoms with Gasteiger partial charge in [0, 0.05) is 10.9 Å². The average molecular weight is 297 g/mol. The Morgan fingerprint density at radius 2 is 1.81 bits per heavy atom. The van der Waals surface area contributed by atoms with E-state index in [0.717, 1.165) is 22.6 Å². The van der Waals surface area contributed by atoms with Crippen LogP contribution in [0.1, 0.15) is 5.56 Å². The van der Waals surface area contributed by atoms with Crippen molar-refractivity contribution in [2.24, 2.45) is 5.84 Å². The molecule has 3 aromatic rings. The minimum absolute atomic E-state index is 0.568. The summed E-state index contributed by atoms with van der Waals surface area (Å²) >= 11 is 1.48. The molecule has 21 heavy (non-hydrogen) atoms. The molecule has 0 saturated heterocycles. The number of ether oxygens (including phenoxy) is 1. The lowest BCUT2D eigenvalue weighted by molar-refractivity contribution is 0.306. The third kappa shape index (κ3) is 3.39. The number of hydrazine groups is 1. The Balaban J connectivity index is 1.66. The number of nitrogens with two attached hydrogens (primary N) is 1. The predicted octanol–water partition coefficient (Wildman–Crippen LogP) is 3.67. The molecule has 0 aliphatic carbocycles. The fourth-order valence-electron chi connectivity index (χ4n) is 1.94. The van der Waals surface area contributed by atoms with Gasteiger partial charge in [-0.2, -0.15) is 0 Å². The summed E-state index contributed by atoms with van der Waals surface area (Å²) in [7, 11) is 0. The number of nitrogen functional groups attached to an aromatic ring is 1. The molecular weight excluding hydrogens is 282 g/mol. The first-order valence-corrected chi connectivity index (χ1v) is 7.42. The van der Waals surface area contributed by atoms with Crippen LogP contribution >= 0.6 is 11.3 Å². The molecule has 0 fully saturated rings. The van der Waals surface area contributed by atoms with Crippen LogP contribution in [0.15, 0.2) is 60.0 Å². The highest BCUT2D eigenvalue weighted by Gasteiger charge is 2.04. The van der Waals surface area contributed by atoms with Gasteiger partial charge >= 0.3 is 0 Å². The minimum atomic E-state index is 0.568. The number of benzene rings is 2. The monoisotopic (exact) mass is 297 g/mol. The highest BCUT2D eigenvalue weighted by Crippen LogP contribution is 2.26. The highest BCUT2D eigenvalue weighted by atomic mass is 32.1. The minimum Gasteiger partial charge on any atom is -0.489 e. The van der Waals surface area contributed by atoms with Gasteiger partial charge in [-0.05, 0) is 29.8 Å². The van der Waals surface area contributed by atoms with Crippen molar-refractivity contribution in [1.29, 1.82) is 0 Å². The number of anilines is 1. The van der Waals surface area contributed by atoms with Gasteiger partial charge in [0.2, 0.25) is 0 Å². The van der Waals surface area contributed by atoms with Gasteiger partial charge in [0.25, 0.3) is 0 Å². The fourth-order valence-corrected chi connectivity index (χ4v) is 2.57. The van der Waals surface area contributed by atoms with Crippen molar-refractivity contribution in [3.8, 4) is 17.0 Å². The molecule has 0 aliphatic heterocycles. The SMILES string of the molecule is NNc1nc(-c2ccc(OCc3ccccc3)cc2)cs1. The Hall–Kier alpha value is -2.37. The summed E-state index contributed by atoms with van der Waals surface area (Å²) in [6.07, 6.45) is 0. The van der Waals surface area contributed by atoms with Crippen molar-refractivity contribution < 1.29 is 4.74 Å². The van der Waals surface area contributed by atoms with E-state index >= 15 is 0 Å². The van der Waals surface area contributed by atoms with Crippen LogP contribution in [0.25, 0.3) is 11.3 Å². The Kier molecular flexibility index (Phi) is 4.14. The summed E-state index contributed by atoms with van der Waals surface area (Å²) in [5.74, 6) is 6.18. The molecule has 0 atom stereocenters. The summed E-state index contributed by atoms with van der Waals surface area (Å²) in [4.78, 5) is 4.36. The molecule has 0 saturated carbocycles. The smallest absolute Gasteiger partial charge is 0.197 e. The second kappa shape index (κ2) is 6.39. The van der Waals surface area contributed by atoms with Crippen molar-refractivity contribution in [2.45, 2.75) is 6.61 Å². The van der Waals surface area contributed by atoms with Crippen LogP contribution in [0.2, 0.25) is 0 Å². The largest absolute Gasteiger partial charge is 0.489 e. The van der Waals surface area contributed by atoms with Gasteiger partial charge in [-0.25, -0.2) is 10.8 Å². The van der Waals surface area contributed by atoms with Gasteiger partial charge in [0.15, 0.2) is 5.13 Å². The van der Waals surface area contributed by atoms with Gasteiger partial charge in [-0.3, -0.25) is 5.43 Å². The molecule has 0 amide bonds. The molecule has 4 nitrogen and oxygen atoms in total. The summed E-state index contributed by atoms with van der Waals surface area (Å²) < 4.78 is 5.76. The number of nitrogens with zero attached hydrogens (tertiary/aromatic N) is 1.